The minimum Gasteiger partial charge on any atom is -0.465 e. The largest absolute Gasteiger partial charge is 0.494 e. The van der Waals surface area contributed by atoms with Gasteiger partial charge in [0.1, 0.15) is 0 Å². The summed E-state index contributed by atoms with van der Waals surface area (Å²) < 4.78 is 11.9. The smallest absolute Gasteiger partial charge is 0.465 e. The lowest BCUT2D eigenvalue weighted by molar-refractivity contribution is 0.00578. The van der Waals surface area contributed by atoms with Gasteiger partial charge in [0.25, 0.3) is 0 Å². The molecule has 108 valence electrons. The van der Waals surface area contributed by atoms with E-state index in [1.165, 1.54) is 0 Å². The van der Waals surface area contributed by atoms with Gasteiger partial charge in [-0.2, -0.15) is 0 Å². The summed E-state index contributed by atoms with van der Waals surface area (Å²) in [4.78, 5) is 14.6. The molecule has 1 aliphatic heterocycles. The summed E-state index contributed by atoms with van der Waals surface area (Å²) in [5.41, 5.74) is 0.654. The van der Waals surface area contributed by atoms with E-state index in [9.17, 15) is 4.79 Å². The SMILES string of the molecule is CC1(C)OB(c2ccnc(CNC(=O)O)c2)OC1(C)C. The minimum absolute atomic E-state index is 0.155. The monoisotopic (exact) mass is 278 g/mol. The molecule has 1 amide bonds. The molecule has 7 heteroatoms. The molecule has 20 heavy (non-hydrogen) atoms. The second-order valence-electron chi connectivity index (χ2n) is 5.83. The number of carbonyl (C=O) groups is 1. The molecular formula is C13H19BN2O4. The van der Waals surface area contributed by atoms with Crippen molar-refractivity contribution in [3.63, 3.8) is 0 Å². The number of pyridine rings is 1. The van der Waals surface area contributed by atoms with Crippen molar-refractivity contribution in [2.45, 2.75) is 45.4 Å². The number of nitrogens with one attached hydrogen (secondary N) is 1. The van der Waals surface area contributed by atoms with Gasteiger partial charge in [-0.25, -0.2) is 4.79 Å². The Morgan fingerprint density at radius 3 is 2.50 bits per heavy atom. The number of aromatic nitrogens is 1. The first kappa shape index (κ1) is 14.8. The summed E-state index contributed by atoms with van der Waals surface area (Å²) in [6.07, 6.45) is 0.548. The van der Waals surface area contributed by atoms with E-state index in [0.717, 1.165) is 5.46 Å². The Bertz CT molecular complexity index is 503. The average molecular weight is 278 g/mol. The molecule has 0 saturated carbocycles. The van der Waals surface area contributed by atoms with E-state index in [1.54, 1.807) is 12.3 Å². The molecule has 1 fully saturated rings. The van der Waals surface area contributed by atoms with Crippen molar-refractivity contribution in [2.24, 2.45) is 0 Å². The fourth-order valence-electron chi connectivity index (χ4n) is 1.89. The normalized spacial score (nSPS) is 19.9. The van der Waals surface area contributed by atoms with E-state index in [1.807, 2.05) is 33.8 Å². The number of carboxylic acid groups (broad SMARTS) is 1. The number of amides is 1. The number of nitrogens with zero attached hydrogens (tertiary/aromatic N) is 1. The average Bonchev–Trinajstić information content (AvgIpc) is 2.56. The zero-order valence-corrected chi connectivity index (χ0v) is 12.1. The van der Waals surface area contributed by atoms with Gasteiger partial charge >= 0.3 is 13.2 Å². The molecule has 1 aromatic heterocycles. The van der Waals surface area contributed by atoms with Crippen LogP contribution in [0.2, 0.25) is 0 Å². The Kier molecular flexibility index (Phi) is 3.75. The number of rotatable bonds is 3. The van der Waals surface area contributed by atoms with E-state index in [-0.39, 0.29) is 6.54 Å². The van der Waals surface area contributed by atoms with E-state index in [2.05, 4.69) is 10.3 Å². The van der Waals surface area contributed by atoms with Gasteiger partial charge in [0, 0.05) is 6.20 Å². The highest BCUT2D eigenvalue weighted by Crippen LogP contribution is 2.36. The molecule has 0 unspecified atom stereocenters. The Labute approximate surface area is 118 Å². The fourth-order valence-corrected chi connectivity index (χ4v) is 1.89. The first-order valence-electron chi connectivity index (χ1n) is 6.48. The zero-order chi connectivity index (χ0) is 15.0. The van der Waals surface area contributed by atoms with Crippen LogP contribution in [0.15, 0.2) is 18.3 Å². The van der Waals surface area contributed by atoms with E-state index >= 15 is 0 Å². The molecule has 2 N–H and O–H groups in total. The fraction of sp³-hybridized carbons (Fsp3) is 0.538. The van der Waals surface area contributed by atoms with Crippen LogP contribution in [0, 0.1) is 0 Å². The lowest BCUT2D eigenvalue weighted by atomic mass is 9.79. The second kappa shape index (κ2) is 5.07. The van der Waals surface area contributed by atoms with Crippen molar-refractivity contribution in [1.29, 1.82) is 0 Å². The van der Waals surface area contributed by atoms with Gasteiger partial charge in [-0.1, -0.05) is 0 Å². The van der Waals surface area contributed by atoms with E-state index in [4.69, 9.17) is 14.4 Å². The predicted molar refractivity (Wildman–Crippen MR) is 74.8 cm³/mol. The quantitative estimate of drug-likeness (QED) is 0.811. The lowest BCUT2D eigenvalue weighted by Gasteiger charge is -2.32. The van der Waals surface area contributed by atoms with Crippen LogP contribution in [-0.4, -0.2) is 34.5 Å². The van der Waals surface area contributed by atoms with Crippen LogP contribution >= 0.6 is 0 Å². The molecule has 1 saturated heterocycles. The highest BCUT2D eigenvalue weighted by Gasteiger charge is 2.51. The summed E-state index contributed by atoms with van der Waals surface area (Å²) in [6, 6.07) is 3.60. The summed E-state index contributed by atoms with van der Waals surface area (Å²) in [6.45, 7) is 8.10. The predicted octanol–water partition coefficient (Wildman–Crippen LogP) is 1.15. The molecule has 0 aromatic carbocycles. The molecular weight excluding hydrogens is 259 g/mol. The number of hydrogen-bond acceptors (Lipinski definition) is 4. The summed E-state index contributed by atoms with van der Waals surface area (Å²) in [5.74, 6) is 0. The number of hydrogen-bond donors (Lipinski definition) is 2. The van der Waals surface area contributed by atoms with Gasteiger partial charge in [-0.15, -0.1) is 0 Å². The highest BCUT2D eigenvalue weighted by atomic mass is 16.7. The van der Waals surface area contributed by atoms with Gasteiger partial charge in [-0.3, -0.25) is 4.98 Å². The molecule has 0 atom stereocenters. The Morgan fingerprint density at radius 2 is 1.95 bits per heavy atom. The van der Waals surface area contributed by atoms with Gasteiger partial charge < -0.3 is 19.7 Å². The first-order chi connectivity index (χ1) is 9.21. The van der Waals surface area contributed by atoms with Crippen LogP contribution in [0.4, 0.5) is 4.79 Å². The molecule has 2 heterocycles. The van der Waals surface area contributed by atoms with Crippen molar-refractivity contribution in [2.75, 3.05) is 0 Å². The molecule has 0 radical (unpaired) electrons. The van der Waals surface area contributed by atoms with Crippen molar-refractivity contribution in [1.82, 2.24) is 10.3 Å². The second-order valence-corrected chi connectivity index (χ2v) is 5.83. The Hall–Kier alpha value is -1.60. The van der Waals surface area contributed by atoms with Crippen molar-refractivity contribution in [3.05, 3.63) is 24.0 Å². The first-order valence-corrected chi connectivity index (χ1v) is 6.48. The summed E-state index contributed by atoms with van der Waals surface area (Å²) >= 11 is 0. The van der Waals surface area contributed by atoms with Crippen LogP contribution in [0.25, 0.3) is 0 Å². The maximum atomic E-state index is 10.5. The van der Waals surface area contributed by atoms with Crippen LogP contribution in [-0.2, 0) is 15.9 Å². The van der Waals surface area contributed by atoms with Gasteiger partial charge in [0.05, 0.1) is 23.4 Å². The molecule has 0 spiro atoms. The molecule has 6 nitrogen and oxygen atoms in total. The third-order valence-electron chi connectivity index (χ3n) is 3.79. The lowest BCUT2D eigenvalue weighted by Crippen LogP contribution is -2.41. The third kappa shape index (κ3) is 2.94. The maximum absolute atomic E-state index is 10.5. The maximum Gasteiger partial charge on any atom is 0.494 e. The summed E-state index contributed by atoms with van der Waals surface area (Å²) in [7, 11) is -0.466. The highest BCUT2D eigenvalue weighted by molar-refractivity contribution is 6.62. The molecule has 1 aliphatic rings. The van der Waals surface area contributed by atoms with Gasteiger partial charge in [0.2, 0.25) is 0 Å². The van der Waals surface area contributed by atoms with Crippen molar-refractivity contribution < 1.29 is 19.2 Å². The molecule has 0 aliphatic carbocycles. The summed E-state index contributed by atoms with van der Waals surface area (Å²) in [5, 5.41) is 10.9. The Balaban J connectivity index is 2.14. The molecule has 0 bridgehead atoms. The van der Waals surface area contributed by atoms with Crippen molar-refractivity contribution >= 4 is 18.7 Å². The minimum atomic E-state index is -1.08. The van der Waals surface area contributed by atoms with E-state index in [0.29, 0.717) is 5.69 Å². The third-order valence-corrected chi connectivity index (χ3v) is 3.79. The standard InChI is InChI=1S/C13H19BN2O4/c1-12(2)13(3,4)20-14(19-12)9-5-6-15-10(7-9)8-16-11(17)18/h5-7,16H,8H2,1-4H3,(H,17,18). The van der Waals surface area contributed by atoms with E-state index < -0.39 is 24.4 Å². The topological polar surface area (TPSA) is 80.7 Å². The molecule has 2 rings (SSSR count). The zero-order valence-electron chi connectivity index (χ0n) is 12.1. The van der Waals surface area contributed by atoms with Crippen LogP contribution < -0.4 is 10.8 Å². The Morgan fingerprint density at radius 1 is 1.35 bits per heavy atom. The van der Waals surface area contributed by atoms with Crippen LogP contribution in [0.5, 0.6) is 0 Å². The van der Waals surface area contributed by atoms with Gasteiger partial charge in [0.15, 0.2) is 0 Å². The van der Waals surface area contributed by atoms with Crippen molar-refractivity contribution in [3.8, 4) is 0 Å². The molecule has 1 aromatic rings. The van der Waals surface area contributed by atoms with Crippen LogP contribution in [0.1, 0.15) is 33.4 Å². The van der Waals surface area contributed by atoms with Crippen LogP contribution in [0.3, 0.4) is 0 Å². The van der Waals surface area contributed by atoms with Gasteiger partial charge in [-0.05, 0) is 45.3 Å².